The first kappa shape index (κ1) is 28.5. The highest BCUT2D eigenvalue weighted by Gasteiger charge is 2.28. The van der Waals surface area contributed by atoms with Crippen molar-refractivity contribution in [3.05, 3.63) is 102 Å². The lowest BCUT2D eigenvalue weighted by molar-refractivity contribution is -0.140. The number of aryl methyl sites for hydroxylation is 1. The predicted octanol–water partition coefficient (Wildman–Crippen LogP) is 4.18. The summed E-state index contributed by atoms with van der Waals surface area (Å²) in [6, 6.07) is 25.8. The average Bonchev–Trinajstić information content (AvgIpc) is 3.52. The smallest absolute Gasteiger partial charge is 0.243 e. The number of hydrogen-bond acceptors (Lipinski definition) is 4. The van der Waals surface area contributed by atoms with E-state index in [9.17, 15) is 18.0 Å². The van der Waals surface area contributed by atoms with E-state index in [4.69, 9.17) is 0 Å². The van der Waals surface area contributed by atoms with E-state index in [1.165, 1.54) is 4.31 Å². The minimum absolute atomic E-state index is 0.127. The molecule has 1 atom stereocenters. The van der Waals surface area contributed by atoms with Crippen molar-refractivity contribution in [3.63, 3.8) is 0 Å². The van der Waals surface area contributed by atoms with E-state index in [0.29, 0.717) is 32.6 Å². The van der Waals surface area contributed by atoms with Gasteiger partial charge in [0.2, 0.25) is 21.8 Å². The van der Waals surface area contributed by atoms with Gasteiger partial charge in [-0.05, 0) is 61.4 Å². The van der Waals surface area contributed by atoms with E-state index < -0.39 is 16.1 Å². The van der Waals surface area contributed by atoms with E-state index in [1.807, 2.05) is 60.7 Å². The number of sulfonamides is 1. The number of benzene rings is 3. The summed E-state index contributed by atoms with van der Waals surface area (Å²) in [4.78, 5) is 28.3. The Morgan fingerprint density at radius 1 is 0.821 bits per heavy atom. The van der Waals surface area contributed by atoms with E-state index in [-0.39, 0.29) is 23.1 Å². The van der Waals surface area contributed by atoms with Crippen LogP contribution in [0.15, 0.2) is 89.8 Å². The molecule has 39 heavy (non-hydrogen) atoms. The zero-order valence-electron chi connectivity index (χ0n) is 22.5. The molecule has 1 aliphatic rings. The van der Waals surface area contributed by atoms with Gasteiger partial charge in [0, 0.05) is 32.6 Å². The van der Waals surface area contributed by atoms with Crippen molar-refractivity contribution in [2.24, 2.45) is 0 Å². The van der Waals surface area contributed by atoms with Gasteiger partial charge in [-0.15, -0.1) is 0 Å². The predicted molar refractivity (Wildman–Crippen MR) is 152 cm³/mol. The lowest BCUT2D eigenvalue weighted by atomic mass is 10.1. The fourth-order valence-electron chi connectivity index (χ4n) is 4.79. The van der Waals surface area contributed by atoms with Crippen molar-refractivity contribution in [1.82, 2.24) is 14.5 Å². The number of amides is 2. The zero-order valence-corrected chi connectivity index (χ0v) is 23.3. The molecule has 1 saturated heterocycles. The number of hydrogen-bond donors (Lipinski definition) is 1. The fourth-order valence-corrected chi connectivity index (χ4v) is 6.30. The Bertz CT molecular complexity index is 1320. The monoisotopic (exact) mass is 547 g/mol. The third-order valence-electron chi connectivity index (χ3n) is 7.17. The summed E-state index contributed by atoms with van der Waals surface area (Å²) in [6.45, 7) is 3.71. The van der Waals surface area contributed by atoms with Crippen LogP contribution in [-0.2, 0) is 39.0 Å². The van der Waals surface area contributed by atoms with Gasteiger partial charge in [-0.3, -0.25) is 9.59 Å². The van der Waals surface area contributed by atoms with Gasteiger partial charge in [0.1, 0.15) is 6.04 Å². The van der Waals surface area contributed by atoms with Crippen LogP contribution in [0, 0.1) is 0 Å². The molecular weight excluding hydrogens is 510 g/mol. The maximum absolute atomic E-state index is 13.4. The van der Waals surface area contributed by atoms with Crippen molar-refractivity contribution < 1.29 is 18.0 Å². The number of nitrogens with one attached hydrogen (secondary N) is 1. The minimum atomic E-state index is -3.47. The Morgan fingerprint density at radius 3 is 2.00 bits per heavy atom. The minimum Gasteiger partial charge on any atom is -0.354 e. The Hall–Kier alpha value is -3.49. The molecule has 7 nitrogen and oxygen atoms in total. The topological polar surface area (TPSA) is 86.8 Å². The summed E-state index contributed by atoms with van der Waals surface area (Å²) in [5.74, 6) is -0.315. The molecule has 0 bridgehead atoms. The van der Waals surface area contributed by atoms with Gasteiger partial charge in [-0.1, -0.05) is 72.8 Å². The summed E-state index contributed by atoms with van der Waals surface area (Å²) in [7, 11) is -3.47. The highest BCUT2D eigenvalue weighted by molar-refractivity contribution is 7.89. The number of nitrogens with zero attached hydrogens (tertiary/aromatic N) is 2. The van der Waals surface area contributed by atoms with Crippen LogP contribution in [0.1, 0.15) is 42.9 Å². The van der Waals surface area contributed by atoms with Crippen molar-refractivity contribution >= 4 is 21.8 Å². The molecule has 0 saturated carbocycles. The Balaban J connectivity index is 1.38. The standard InChI is InChI=1S/C31H37N3O4S/c1-25(31(36)32-21-20-26-10-4-2-5-11-26)34(24-28-12-6-3-7-13-28)30(35)19-16-27-14-17-29(18-15-27)39(37,38)33-22-8-9-23-33/h2-7,10-15,17-18,25H,8-9,16,19-24H2,1H3,(H,32,36). The SMILES string of the molecule is CC(C(=O)NCCc1ccccc1)N(Cc1ccccc1)C(=O)CCc1ccc(S(=O)(=O)N2CCCC2)cc1. The van der Waals surface area contributed by atoms with Crippen LogP contribution in [0.5, 0.6) is 0 Å². The molecule has 0 radical (unpaired) electrons. The second-order valence-corrected chi connectivity index (χ2v) is 11.9. The first-order valence-electron chi connectivity index (χ1n) is 13.6. The van der Waals surface area contributed by atoms with Gasteiger partial charge in [0.25, 0.3) is 0 Å². The van der Waals surface area contributed by atoms with Crippen LogP contribution in [0.25, 0.3) is 0 Å². The normalized spacial score (nSPS) is 14.6. The molecule has 1 aliphatic heterocycles. The lowest BCUT2D eigenvalue weighted by Gasteiger charge is -2.29. The van der Waals surface area contributed by atoms with E-state index >= 15 is 0 Å². The second kappa shape index (κ2) is 13.5. The Labute approximate surface area is 231 Å². The quantitative estimate of drug-likeness (QED) is 0.369. The number of rotatable bonds is 12. The summed E-state index contributed by atoms with van der Waals surface area (Å²) in [6.07, 6.45) is 3.17. The highest BCUT2D eigenvalue weighted by Crippen LogP contribution is 2.22. The van der Waals surface area contributed by atoms with Gasteiger partial charge in [-0.2, -0.15) is 4.31 Å². The van der Waals surface area contributed by atoms with Crippen molar-refractivity contribution in [2.75, 3.05) is 19.6 Å². The molecule has 3 aromatic rings. The molecule has 1 heterocycles. The Morgan fingerprint density at radius 2 is 1.38 bits per heavy atom. The molecule has 4 rings (SSSR count). The molecule has 1 N–H and O–H groups in total. The molecule has 0 aliphatic carbocycles. The maximum Gasteiger partial charge on any atom is 0.243 e. The van der Waals surface area contributed by atoms with Gasteiger partial charge < -0.3 is 10.2 Å². The van der Waals surface area contributed by atoms with Gasteiger partial charge in [-0.25, -0.2) is 8.42 Å². The van der Waals surface area contributed by atoms with Gasteiger partial charge >= 0.3 is 0 Å². The molecular formula is C31H37N3O4S. The summed E-state index contributed by atoms with van der Waals surface area (Å²) >= 11 is 0. The van der Waals surface area contributed by atoms with Crippen LogP contribution in [0.4, 0.5) is 0 Å². The summed E-state index contributed by atoms with van der Waals surface area (Å²) in [5.41, 5.74) is 2.97. The number of carbonyl (C=O) groups excluding carboxylic acids is 2. The zero-order chi connectivity index (χ0) is 27.7. The van der Waals surface area contributed by atoms with Crippen molar-refractivity contribution in [3.8, 4) is 0 Å². The molecule has 8 heteroatoms. The lowest BCUT2D eigenvalue weighted by Crippen LogP contribution is -2.48. The maximum atomic E-state index is 13.4. The summed E-state index contributed by atoms with van der Waals surface area (Å²) in [5, 5.41) is 2.98. The van der Waals surface area contributed by atoms with Gasteiger partial charge in [0.05, 0.1) is 4.90 Å². The number of carbonyl (C=O) groups is 2. The van der Waals surface area contributed by atoms with Gasteiger partial charge in [0.15, 0.2) is 0 Å². The van der Waals surface area contributed by atoms with Crippen LogP contribution in [0.2, 0.25) is 0 Å². The first-order valence-corrected chi connectivity index (χ1v) is 15.0. The molecule has 0 spiro atoms. The van der Waals surface area contributed by atoms with Crippen LogP contribution < -0.4 is 5.32 Å². The summed E-state index contributed by atoms with van der Waals surface area (Å²) < 4.78 is 27.1. The Kier molecular flexibility index (Phi) is 9.90. The molecule has 1 unspecified atom stereocenters. The third kappa shape index (κ3) is 7.77. The molecule has 3 aromatic carbocycles. The third-order valence-corrected chi connectivity index (χ3v) is 9.09. The van der Waals surface area contributed by atoms with Crippen molar-refractivity contribution in [1.29, 1.82) is 0 Å². The van der Waals surface area contributed by atoms with Crippen LogP contribution in [0.3, 0.4) is 0 Å². The van der Waals surface area contributed by atoms with E-state index in [2.05, 4.69) is 5.32 Å². The highest BCUT2D eigenvalue weighted by atomic mass is 32.2. The average molecular weight is 548 g/mol. The first-order chi connectivity index (χ1) is 18.8. The largest absolute Gasteiger partial charge is 0.354 e. The van der Waals surface area contributed by atoms with E-state index in [1.54, 1.807) is 36.1 Å². The van der Waals surface area contributed by atoms with Crippen molar-refractivity contribution in [2.45, 2.75) is 56.5 Å². The van der Waals surface area contributed by atoms with Crippen LogP contribution >= 0.6 is 0 Å². The molecule has 2 amide bonds. The molecule has 206 valence electrons. The van der Waals surface area contributed by atoms with Crippen LogP contribution in [-0.4, -0.2) is 55.1 Å². The van der Waals surface area contributed by atoms with E-state index in [0.717, 1.165) is 36.0 Å². The molecule has 1 fully saturated rings. The fraction of sp³-hybridized carbons (Fsp3) is 0.355. The molecule has 0 aromatic heterocycles. The second-order valence-electron chi connectivity index (χ2n) is 9.96.